The van der Waals surface area contributed by atoms with Crippen LogP contribution in [-0.4, -0.2) is 36.4 Å². The van der Waals surface area contributed by atoms with Crippen molar-refractivity contribution in [1.82, 2.24) is 5.32 Å². The number of piperazine rings is 1. The van der Waals surface area contributed by atoms with Gasteiger partial charge in [-0.1, -0.05) is 12.1 Å². The van der Waals surface area contributed by atoms with E-state index in [1.165, 1.54) is 16.8 Å². The lowest BCUT2D eigenvalue weighted by atomic mass is 9.96. The van der Waals surface area contributed by atoms with Crippen LogP contribution in [0.15, 0.2) is 18.2 Å². The third-order valence-electron chi connectivity index (χ3n) is 3.92. The molecule has 1 atom stereocenters. The summed E-state index contributed by atoms with van der Waals surface area (Å²) < 4.78 is 0. The Labute approximate surface area is 110 Å². The fraction of sp³-hybridized carbons (Fsp3) is 0.600. The zero-order valence-electron chi connectivity index (χ0n) is 11.8. The number of aliphatic hydroxyl groups is 1. The molecule has 18 heavy (non-hydrogen) atoms. The van der Waals surface area contributed by atoms with Crippen molar-refractivity contribution in [3.63, 3.8) is 0 Å². The molecule has 1 heterocycles. The standard InChI is InChI=1S/C15H24N2O/c1-11-6-5-7-14(12(11)2)17-10-15(3,4)16-8-13(17)9-18/h5-7,13,16,18H,8-10H2,1-4H3. The Kier molecular flexibility index (Phi) is 3.64. The number of rotatable bonds is 2. The van der Waals surface area contributed by atoms with Gasteiger partial charge >= 0.3 is 0 Å². The average molecular weight is 248 g/mol. The van der Waals surface area contributed by atoms with Gasteiger partial charge in [0.05, 0.1) is 12.6 Å². The van der Waals surface area contributed by atoms with E-state index in [0.29, 0.717) is 0 Å². The lowest BCUT2D eigenvalue weighted by Crippen LogP contribution is -2.63. The average Bonchev–Trinajstić information content (AvgIpc) is 2.32. The van der Waals surface area contributed by atoms with Gasteiger partial charge in [0.1, 0.15) is 0 Å². The zero-order chi connectivity index (χ0) is 13.3. The van der Waals surface area contributed by atoms with Crippen molar-refractivity contribution in [3.05, 3.63) is 29.3 Å². The van der Waals surface area contributed by atoms with Crippen LogP contribution in [0.3, 0.4) is 0 Å². The van der Waals surface area contributed by atoms with E-state index >= 15 is 0 Å². The Hall–Kier alpha value is -1.06. The summed E-state index contributed by atoms with van der Waals surface area (Å²) in [5, 5.41) is 13.1. The smallest absolute Gasteiger partial charge is 0.0647 e. The van der Waals surface area contributed by atoms with Gasteiger partial charge in [-0.05, 0) is 44.9 Å². The Bertz CT molecular complexity index is 429. The molecule has 1 aromatic carbocycles. The molecule has 0 spiro atoms. The molecule has 0 saturated carbocycles. The Morgan fingerprint density at radius 1 is 1.39 bits per heavy atom. The molecule has 2 N–H and O–H groups in total. The molecule has 0 bridgehead atoms. The van der Waals surface area contributed by atoms with Gasteiger partial charge in [-0.25, -0.2) is 0 Å². The topological polar surface area (TPSA) is 35.5 Å². The van der Waals surface area contributed by atoms with Crippen molar-refractivity contribution >= 4 is 5.69 Å². The van der Waals surface area contributed by atoms with Crippen LogP contribution in [0, 0.1) is 13.8 Å². The van der Waals surface area contributed by atoms with Crippen molar-refractivity contribution in [1.29, 1.82) is 0 Å². The number of hydrogen-bond donors (Lipinski definition) is 2. The molecule has 2 rings (SSSR count). The SMILES string of the molecule is Cc1cccc(N2CC(C)(C)NCC2CO)c1C. The highest BCUT2D eigenvalue weighted by molar-refractivity contribution is 5.57. The van der Waals surface area contributed by atoms with E-state index in [-0.39, 0.29) is 18.2 Å². The third-order valence-corrected chi connectivity index (χ3v) is 3.92. The van der Waals surface area contributed by atoms with Gasteiger partial charge in [-0.2, -0.15) is 0 Å². The van der Waals surface area contributed by atoms with E-state index in [0.717, 1.165) is 13.1 Å². The molecular weight excluding hydrogens is 224 g/mol. The third kappa shape index (κ3) is 2.52. The molecule has 0 aromatic heterocycles. The maximum Gasteiger partial charge on any atom is 0.0647 e. The van der Waals surface area contributed by atoms with Crippen LogP contribution in [-0.2, 0) is 0 Å². The number of aliphatic hydroxyl groups excluding tert-OH is 1. The van der Waals surface area contributed by atoms with Crippen LogP contribution < -0.4 is 10.2 Å². The zero-order valence-corrected chi connectivity index (χ0v) is 11.8. The van der Waals surface area contributed by atoms with Crippen LogP contribution in [0.25, 0.3) is 0 Å². The molecular formula is C15H24N2O. The molecule has 1 saturated heterocycles. The fourth-order valence-electron chi connectivity index (χ4n) is 2.61. The summed E-state index contributed by atoms with van der Waals surface area (Å²) in [6.07, 6.45) is 0. The lowest BCUT2D eigenvalue weighted by Gasteiger charge is -2.46. The lowest BCUT2D eigenvalue weighted by molar-refractivity contribution is 0.214. The molecule has 3 nitrogen and oxygen atoms in total. The van der Waals surface area contributed by atoms with Crippen molar-refractivity contribution < 1.29 is 5.11 Å². The van der Waals surface area contributed by atoms with Crippen molar-refractivity contribution in [2.75, 3.05) is 24.6 Å². The van der Waals surface area contributed by atoms with Gasteiger partial charge in [0.2, 0.25) is 0 Å². The maximum atomic E-state index is 9.57. The van der Waals surface area contributed by atoms with Crippen LogP contribution in [0.2, 0.25) is 0 Å². The van der Waals surface area contributed by atoms with E-state index in [2.05, 4.69) is 56.1 Å². The first-order chi connectivity index (χ1) is 8.44. The highest BCUT2D eigenvalue weighted by Crippen LogP contribution is 2.28. The minimum atomic E-state index is 0.0852. The normalized spacial score (nSPS) is 23.2. The summed E-state index contributed by atoms with van der Waals surface area (Å²) in [5.41, 5.74) is 3.96. The Morgan fingerprint density at radius 3 is 2.78 bits per heavy atom. The highest BCUT2D eigenvalue weighted by atomic mass is 16.3. The summed E-state index contributed by atoms with van der Waals surface area (Å²) in [6, 6.07) is 6.56. The first-order valence-corrected chi connectivity index (χ1v) is 6.63. The van der Waals surface area contributed by atoms with E-state index in [1.54, 1.807) is 0 Å². The van der Waals surface area contributed by atoms with Crippen molar-refractivity contribution in [2.45, 2.75) is 39.3 Å². The minimum absolute atomic E-state index is 0.0852. The van der Waals surface area contributed by atoms with Crippen LogP contribution in [0.1, 0.15) is 25.0 Å². The number of nitrogens with one attached hydrogen (secondary N) is 1. The predicted octanol–water partition coefficient (Wildman–Crippen LogP) is 1.85. The van der Waals surface area contributed by atoms with Crippen LogP contribution >= 0.6 is 0 Å². The summed E-state index contributed by atoms with van der Waals surface area (Å²) in [7, 11) is 0. The summed E-state index contributed by atoms with van der Waals surface area (Å²) in [4.78, 5) is 2.35. The van der Waals surface area contributed by atoms with Crippen molar-refractivity contribution in [3.8, 4) is 0 Å². The second kappa shape index (κ2) is 4.90. The first-order valence-electron chi connectivity index (χ1n) is 6.63. The van der Waals surface area contributed by atoms with E-state index in [1.807, 2.05) is 0 Å². The molecule has 1 aliphatic rings. The Balaban J connectivity index is 2.36. The van der Waals surface area contributed by atoms with E-state index in [9.17, 15) is 5.11 Å². The highest BCUT2D eigenvalue weighted by Gasteiger charge is 2.32. The van der Waals surface area contributed by atoms with Crippen molar-refractivity contribution in [2.24, 2.45) is 0 Å². The predicted molar refractivity (Wildman–Crippen MR) is 76.2 cm³/mol. The van der Waals surface area contributed by atoms with Gasteiger partial charge in [0, 0.05) is 24.3 Å². The fourth-order valence-corrected chi connectivity index (χ4v) is 2.61. The Morgan fingerprint density at radius 2 is 2.11 bits per heavy atom. The second-order valence-corrected chi connectivity index (χ2v) is 5.95. The molecule has 0 radical (unpaired) electrons. The number of nitrogens with zero attached hydrogens (tertiary/aromatic N) is 1. The van der Waals surface area contributed by atoms with Crippen LogP contribution in [0.4, 0.5) is 5.69 Å². The summed E-state index contributed by atoms with van der Waals surface area (Å²) >= 11 is 0. The number of hydrogen-bond acceptors (Lipinski definition) is 3. The molecule has 1 unspecified atom stereocenters. The number of benzene rings is 1. The second-order valence-electron chi connectivity index (χ2n) is 5.95. The van der Waals surface area contributed by atoms with Crippen LogP contribution in [0.5, 0.6) is 0 Å². The van der Waals surface area contributed by atoms with Gasteiger partial charge < -0.3 is 15.3 Å². The van der Waals surface area contributed by atoms with E-state index in [4.69, 9.17) is 0 Å². The molecule has 1 aliphatic heterocycles. The van der Waals surface area contributed by atoms with Gasteiger partial charge in [-0.15, -0.1) is 0 Å². The first kappa shape index (κ1) is 13.4. The summed E-state index contributed by atoms with van der Waals surface area (Å²) in [6.45, 7) is 10.7. The molecule has 1 aromatic rings. The molecule has 3 heteroatoms. The molecule has 0 amide bonds. The molecule has 1 fully saturated rings. The quantitative estimate of drug-likeness (QED) is 0.838. The molecule has 100 valence electrons. The number of anilines is 1. The number of aryl methyl sites for hydroxylation is 1. The van der Waals surface area contributed by atoms with E-state index < -0.39 is 0 Å². The minimum Gasteiger partial charge on any atom is -0.394 e. The van der Waals surface area contributed by atoms with Gasteiger partial charge in [0.25, 0.3) is 0 Å². The largest absolute Gasteiger partial charge is 0.394 e. The van der Waals surface area contributed by atoms with Gasteiger partial charge in [0.15, 0.2) is 0 Å². The summed E-state index contributed by atoms with van der Waals surface area (Å²) in [5.74, 6) is 0. The maximum absolute atomic E-state index is 9.57. The monoisotopic (exact) mass is 248 g/mol. The molecule has 0 aliphatic carbocycles. The van der Waals surface area contributed by atoms with Gasteiger partial charge in [-0.3, -0.25) is 0 Å².